The number of nitrogens with zero attached hydrogens (tertiary/aromatic N) is 1. The highest BCUT2D eigenvalue weighted by Crippen LogP contribution is 2.24. The molecule has 1 aliphatic rings. The van der Waals surface area contributed by atoms with Crippen LogP contribution in [0.5, 0.6) is 0 Å². The number of carbonyl (C=O) groups is 4. The topological polar surface area (TPSA) is 106 Å². The summed E-state index contributed by atoms with van der Waals surface area (Å²) in [4.78, 5) is 50.5. The molecule has 0 saturated carbocycles. The van der Waals surface area contributed by atoms with Gasteiger partial charge >= 0.3 is 5.97 Å². The molecular weight excluding hydrogens is 431 g/mol. The van der Waals surface area contributed by atoms with Crippen molar-refractivity contribution in [2.24, 2.45) is 0 Å². The number of furan rings is 1. The summed E-state index contributed by atoms with van der Waals surface area (Å²) < 4.78 is 23.2. The molecule has 0 spiro atoms. The Morgan fingerprint density at radius 3 is 2.39 bits per heavy atom. The second kappa shape index (κ2) is 9.58. The highest BCUT2D eigenvalue weighted by molar-refractivity contribution is 6.22. The van der Waals surface area contributed by atoms with E-state index in [1.54, 1.807) is 12.1 Å². The molecule has 1 unspecified atom stereocenters. The standard InChI is InChI=1S/C24H19FN2O6/c25-17-7-3-15(4-8-17)21(28)14-33-24(31)16-5-9-18(10-6-16)27-22(29)12-20(23(27)30)26-13-19-2-1-11-32-19/h1-11,20,26H,12-14H2. The first-order valence-corrected chi connectivity index (χ1v) is 10.1. The lowest BCUT2D eigenvalue weighted by Crippen LogP contribution is -2.38. The van der Waals surface area contributed by atoms with Crippen LogP contribution in [0.3, 0.4) is 0 Å². The number of esters is 1. The van der Waals surface area contributed by atoms with Crippen LogP contribution in [0.25, 0.3) is 0 Å². The van der Waals surface area contributed by atoms with Gasteiger partial charge in [-0.05, 0) is 60.7 Å². The first-order valence-electron chi connectivity index (χ1n) is 10.1. The van der Waals surface area contributed by atoms with Gasteiger partial charge in [0.1, 0.15) is 11.6 Å². The Labute approximate surface area is 187 Å². The van der Waals surface area contributed by atoms with Crippen LogP contribution in [0.1, 0.15) is 32.9 Å². The van der Waals surface area contributed by atoms with Crippen molar-refractivity contribution in [3.63, 3.8) is 0 Å². The van der Waals surface area contributed by atoms with Gasteiger partial charge in [-0.15, -0.1) is 0 Å². The SMILES string of the molecule is O=C(COC(=O)c1ccc(N2C(=O)CC(NCc3ccco3)C2=O)cc1)c1ccc(F)cc1. The smallest absolute Gasteiger partial charge is 0.338 e. The predicted molar refractivity (Wildman–Crippen MR) is 114 cm³/mol. The fourth-order valence-corrected chi connectivity index (χ4v) is 3.38. The molecule has 2 heterocycles. The number of anilines is 1. The lowest BCUT2D eigenvalue weighted by molar-refractivity contribution is -0.121. The largest absolute Gasteiger partial charge is 0.468 e. The van der Waals surface area contributed by atoms with Crippen LogP contribution in [-0.4, -0.2) is 36.2 Å². The Morgan fingerprint density at radius 1 is 1.03 bits per heavy atom. The lowest BCUT2D eigenvalue weighted by Gasteiger charge is -2.15. The van der Waals surface area contributed by atoms with Gasteiger partial charge in [-0.2, -0.15) is 0 Å². The predicted octanol–water partition coefficient (Wildman–Crippen LogP) is 2.88. The molecule has 9 heteroatoms. The van der Waals surface area contributed by atoms with Crippen LogP contribution in [-0.2, 0) is 20.9 Å². The minimum atomic E-state index is -0.742. The molecule has 0 radical (unpaired) electrons. The van der Waals surface area contributed by atoms with Crippen LogP contribution in [0.15, 0.2) is 71.3 Å². The van der Waals surface area contributed by atoms with E-state index >= 15 is 0 Å². The second-order valence-electron chi connectivity index (χ2n) is 7.34. The molecule has 0 bridgehead atoms. The first-order chi connectivity index (χ1) is 15.9. The van der Waals surface area contributed by atoms with Crippen molar-refractivity contribution < 1.29 is 32.7 Å². The zero-order valence-electron chi connectivity index (χ0n) is 17.3. The molecule has 1 aromatic heterocycles. The summed E-state index contributed by atoms with van der Waals surface area (Å²) >= 11 is 0. The van der Waals surface area contributed by atoms with Gasteiger partial charge in [0.05, 0.1) is 36.5 Å². The van der Waals surface area contributed by atoms with Gasteiger partial charge in [-0.3, -0.25) is 19.7 Å². The quantitative estimate of drug-likeness (QED) is 0.320. The van der Waals surface area contributed by atoms with E-state index in [-0.39, 0.29) is 23.5 Å². The van der Waals surface area contributed by atoms with Crippen LogP contribution < -0.4 is 10.2 Å². The Morgan fingerprint density at radius 2 is 1.73 bits per heavy atom. The van der Waals surface area contributed by atoms with E-state index in [1.807, 2.05) is 0 Å². The van der Waals surface area contributed by atoms with E-state index in [2.05, 4.69) is 5.32 Å². The Kier molecular flexibility index (Phi) is 6.41. The first kappa shape index (κ1) is 22.1. The Bertz CT molecular complexity index is 1170. The minimum Gasteiger partial charge on any atom is -0.468 e. The van der Waals surface area contributed by atoms with Gasteiger partial charge in [0, 0.05) is 5.56 Å². The van der Waals surface area contributed by atoms with Gasteiger partial charge in [0.2, 0.25) is 5.91 Å². The highest BCUT2D eigenvalue weighted by Gasteiger charge is 2.39. The number of rotatable bonds is 8. The van der Waals surface area contributed by atoms with Crippen LogP contribution >= 0.6 is 0 Å². The number of amides is 2. The van der Waals surface area contributed by atoms with Gasteiger partial charge in [0.25, 0.3) is 5.91 Å². The number of imide groups is 1. The molecule has 1 aliphatic heterocycles. The van der Waals surface area contributed by atoms with Crippen LogP contribution in [0, 0.1) is 5.82 Å². The van der Waals surface area contributed by atoms with Crippen molar-refractivity contribution >= 4 is 29.3 Å². The Hall–Kier alpha value is -4.11. The van der Waals surface area contributed by atoms with E-state index < -0.39 is 36.1 Å². The normalized spacial score (nSPS) is 15.7. The van der Waals surface area contributed by atoms with E-state index in [0.717, 1.165) is 17.0 Å². The van der Waals surface area contributed by atoms with Crippen molar-refractivity contribution in [2.75, 3.05) is 11.5 Å². The number of ether oxygens (including phenoxy) is 1. The number of ketones is 1. The molecule has 168 valence electrons. The molecule has 1 N–H and O–H groups in total. The highest BCUT2D eigenvalue weighted by atomic mass is 19.1. The zero-order valence-corrected chi connectivity index (χ0v) is 17.3. The number of hydrogen-bond donors (Lipinski definition) is 1. The summed E-state index contributed by atoms with van der Waals surface area (Å²) in [6, 6.07) is 13.5. The van der Waals surface area contributed by atoms with Crippen molar-refractivity contribution in [1.29, 1.82) is 0 Å². The van der Waals surface area contributed by atoms with Gasteiger partial charge < -0.3 is 9.15 Å². The van der Waals surface area contributed by atoms with E-state index in [9.17, 15) is 23.6 Å². The third kappa shape index (κ3) is 5.04. The summed E-state index contributed by atoms with van der Waals surface area (Å²) in [5.41, 5.74) is 0.698. The fraction of sp³-hybridized carbons (Fsp3) is 0.167. The van der Waals surface area contributed by atoms with Crippen LogP contribution in [0.4, 0.5) is 10.1 Å². The molecule has 1 fully saturated rings. The maximum Gasteiger partial charge on any atom is 0.338 e. The number of benzene rings is 2. The molecule has 4 rings (SSSR count). The number of Topliss-reactive ketones (excluding diaryl/α,β-unsaturated/α-hetero) is 1. The van der Waals surface area contributed by atoms with Crippen molar-refractivity contribution in [1.82, 2.24) is 5.32 Å². The van der Waals surface area contributed by atoms with E-state index in [1.165, 1.54) is 42.7 Å². The van der Waals surface area contributed by atoms with E-state index in [0.29, 0.717) is 18.0 Å². The maximum atomic E-state index is 12.9. The summed E-state index contributed by atoms with van der Waals surface area (Å²) in [6.07, 6.45) is 1.53. The summed E-state index contributed by atoms with van der Waals surface area (Å²) in [5, 5.41) is 3.00. The van der Waals surface area contributed by atoms with Gasteiger partial charge in [-0.1, -0.05) is 0 Å². The summed E-state index contributed by atoms with van der Waals surface area (Å²) in [6.45, 7) is -0.190. The second-order valence-corrected chi connectivity index (χ2v) is 7.34. The number of hydrogen-bond acceptors (Lipinski definition) is 7. The molecule has 0 aliphatic carbocycles. The van der Waals surface area contributed by atoms with Crippen molar-refractivity contribution in [3.8, 4) is 0 Å². The lowest BCUT2D eigenvalue weighted by atomic mass is 10.1. The van der Waals surface area contributed by atoms with Gasteiger partial charge in [0.15, 0.2) is 12.4 Å². The fourth-order valence-electron chi connectivity index (χ4n) is 3.38. The van der Waals surface area contributed by atoms with Crippen LogP contribution in [0.2, 0.25) is 0 Å². The molecular formula is C24H19FN2O6. The molecule has 2 aromatic carbocycles. The number of halogens is 1. The molecule has 3 aromatic rings. The molecule has 1 saturated heterocycles. The van der Waals surface area contributed by atoms with Gasteiger partial charge in [-0.25, -0.2) is 14.1 Å². The summed E-state index contributed by atoms with van der Waals surface area (Å²) in [5.74, 6) is -1.80. The third-order valence-corrected chi connectivity index (χ3v) is 5.11. The maximum absolute atomic E-state index is 12.9. The van der Waals surface area contributed by atoms with Crippen molar-refractivity contribution in [3.05, 3.63) is 89.6 Å². The average Bonchev–Trinajstić information content (AvgIpc) is 3.44. The zero-order chi connectivity index (χ0) is 23.4. The average molecular weight is 450 g/mol. The molecule has 8 nitrogen and oxygen atoms in total. The molecule has 2 amide bonds. The monoisotopic (exact) mass is 450 g/mol. The number of nitrogens with one attached hydrogen (secondary N) is 1. The Balaban J connectivity index is 1.34. The van der Waals surface area contributed by atoms with Crippen molar-refractivity contribution in [2.45, 2.75) is 19.0 Å². The number of carbonyl (C=O) groups excluding carboxylic acids is 4. The van der Waals surface area contributed by atoms with E-state index in [4.69, 9.17) is 9.15 Å². The minimum absolute atomic E-state index is 0.00876. The molecule has 33 heavy (non-hydrogen) atoms. The summed E-state index contributed by atoms with van der Waals surface area (Å²) in [7, 11) is 0. The molecule has 1 atom stereocenters. The third-order valence-electron chi connectivity index (χ3n) is 5.11.